The van der Waals surface area contributed by atoms with Crippen LogP contribution in [0.2, 0.25) is 0 Å². The highest BCUT2D eigenvalue weighted by atomic mass is 32.2. The maximum Gasteiger partial charge on any atom is 0.490 e. The summed E-state index contributed by atoms with van der Waals surface area (Å²) in [6.45, 7) is 2.86. The second kappa shape index (κ2) is 7.67. The number of halogens is 3. The fourth-order valence-electron chi connectivity index (χ4n) is 4.69. The van der Waals surface area contributed by atoms with Crippen LogP contribution in [0.4, 0.5) is 13.2 Å². The van der Waals surface area contributed by atoms with Gasteiger partial charge in [-0.2, -0.15) is 13.2 Å². The summed E-state index contributed by atoms with van der Waals surface area (Å²) in [7, 11) is -1.78. The van der Waals surface area contributed by atoms with Gasteiger partial charge in [0, 0.05) is 26.3 Å². The zero-order valence-corrected chi connectivity index (χ0v) is 18.4. The zero-order chi connectivity index (χ0) is 24.3. The molecule has 2 aromatic heterocycles. The molecule has 3 atom stereocenters. The van der Waals surface area contributed by atoms with E-state index in [1.165, 1.54) is 4.31 Å². The van der Waals surface area contributed by atoms with Gasteiger partial charge in [0.15, 0.2) is 0 Å². The summed E-state index contributed by atoms with van der Waals surface area (Å²) in [6.07, 6.45) is -3.00. The van der Waals surface area contributed by atoms with E-state index in [4.69, 9.17) is 14.6 Å². The molecule has 3 fully saturated rings. The number of fused-ring (bicyclic) bond motifs is 2. The van der Waals surface area contributed by atoms with E-state index in [2.05, 4.69) is 4.98 Å². The van der Waals surface area contributed by atoms with Gasteiger partial charge in [0.1, 0.15) is 22.2 Å². The number of imidazole rings is 1. The predicted molar refractivity (Wildman–Crippen MR) is 107 cm³/mol. The summed E-state index contributed by atoms with van der Waals surface area (Å²) in [4.78, 5) is 28.3. The van der Waals surface area contributed by atoms with E-state index in [0.717, 1.165) is 11.3 Å². The molecule has 0 radical (unpaired) electrons. The number of hydrogen-bond donors (Lipinski definition) is 1. The minimum absolute atomic E-state index is 0.161. The van der Waals surface area contributed by atoms with Crippen LogP contribution >= 0.6 is 0 Å². The number of rotatable bonds is 1. The highest BCUT2D eigenvalue weighted by molar-refractivity contribution is 7.90. The summed E-state index contributed by atoms with van der Waals surface area (Å²) in [5.74, 6) is -2.92. The summed E-state index contributed by atoms with van der Waals surface area (Å²) in [5.41, 5.74) is 1.11. The Kier molecular flexibility index (Phi) is 5.45. The quantitative estimate of drug-likeness (QED) is 0.631. The average Bonchev–Trinajstić information content (AvgIpc) is 3.26. The number of alkyl halides is 3. The molecule has 1 N–H and O–H groups in total. The second-order valence-corrected chi connectivity index (χ2v) is 10.5. The van der Waals surface area contributed by atoms with Gasteiger partial charge in [-0.25, -0.2) is 22.5 Å². The van der Waals surface area contributed by atoms with Gasteiger partial charge in [-0.15, -0.1) is 0 Å². The number of sulfonamides is 1. The van der Waals surface area contributed by atoms with E-state index >= 15 is 0 Å². The number of likely N-dealkylation sites (tertiary alicyclic amines) is 1. The van der Waals surface area contributed by atoms with E-state index in [1.54, 1.807) is 11.9 Å². The van der Waals surface area contributed by atoms with Gasteiger partial charge < -0.3 is 19.1 Å². The van der Waals surface area contributed by atoms with Crippen molar-refractivity contribution in [3.63, 3.8) is 0 Å². The lowest BCUT2D eigenvalue weighted by molar-refractivity contribution is -0.192. The number of hydrogen-bond acceptors (Lipinski definition) is 6. The highest BCUT2D eigenvalue weighted by Crippen LogP contribution is 2.46. The van der Waals surface area contributed by atoms with Gasteiger partial charge in [-0.1, -0.05) is 6.07 Å². The van der Waals surface area contributed by atoms with Crippen molar-refractivity contribution in [3.8, 4) is 0 Å². The fraction of sp³-hybridized carbons (Fsp3) is 0.526. The van der Waals surface area contributed by atoms with Gasteiger partial charge in [0.2, 0.25) is 10.0 Å². The molecule has 2 aromatic rings. The van der Waals surface area contributed by atoms with Crippen LogP contribution in [-0.2, 0) is 19.6 Å². The molecule has 2 bridgehead atoms. The molecular weight excluding hydrogens is 469 g/mol. The minimum Gasteiger partial charge on any atom is -0.475 e. The standard InChI is InChI=1S/C17H20N4O4S.C2HF3O2/c1-11-15(18-14-5-3-4-6-21(11)14)16(22)20-8-12-7-13-17(10-20,25-12)9-19(2)26(13,23)24;3-2(4,5)1(6)7/h3-6,12-13H,7-10H2,1-2H3;(H,6,7)/t12-,13+,17-;/m1./s1. The molecule has 3 aliphatic heterocycles. The smallest absolute Gasteiger partial charge is 0.475 e. The van der Waals surface area contributed by atoms with Crippen molar-refractivity contribution in [2.24, 2.45) is 0 Å². The third-order valence-electron chi connectivity index (χ3n) is 6.13. The number of carboxylic acid groups (broad SMARTS) is 1. The molecule has 5 heterocycles. The van der Waals surface area contributed by atoms with Gasteiger partial charge in [0.25, 0.3) is 5.91 Å². The van der Waals surface area contributed by atoms with Crippen molar-refractivity contribution < 1.29 is 41.0 Å². The lowest BCUT2D eigenvalue weighted by Crippen LogP contribution is -2.56. The molecule has 0 aromatic carbocycles. The second-order valence-electron chi connectivity index (χ2n) is 8.29. The predicted octanol–water partition coefficient (Wildman–Crippen LogP) is 0.903. The Labute approximate surface area is 186 Å². The Hall–Kier alpha value is -2.71. The van der Waals surface area contributed by atoms with Crippen LogP contribution in [0.25, 0.3) is 5.65 Å². The first-order valence-electron chi connectivity index (χ1n) is 9.92. The lowest BCUT2D eigenvalue weighted by atomic mass is 9.99. The van der Waals surface area contributed by atoms with Gasteiger partial charge in [-0.3, -0.25) is 4.79 Å². The number of aryl methyl sites for hydroxylation is 1. The van der Waals surface area contributed by atoms with Crippen LogP contribution < -0.4 is 0 Å². The number of nitrogens with zero attached hydrogens (tertiary/aromatic N) is 4. The first-order chi connectivity index (χ1) is 15.3. The van der Waals surface area contributed by atoms with Crippen LogP contribution in [0, 0.1) is 6.92 Å². The van der Waals surface area contributed by atoms with Crippen LogP contribution in [0.3, 0.4) is 0 Å². The van der Waals surface area contributed by atoms with E-state index in [-0.39, 0.29) is 18.6 Å². The zero-order valence-electron chi connectivity index (χ0n) is 17.6. The van der Waals surface area contributed by atoms with Crippen LogP contribution in [0.1, 0.15) is 22.6 Å². The largest absolute Gasteiger partial charge is 0.490 e. The van der Waals surface area contributed by atoms with E-state index < -0.39 is 33.0 Å². The summed E-state index contributed by atoms with van der Waals surface area (Å²) >= 11 is 0. The Bertz CT molecular complexity index is 1230. The van der Waals surface area contributed by atoms with Crippen molar-refractivity contribution in [1.29, 1.82) is 0 Å². The van der Waals surface area contributed by atoms with Crippen LogP contribution in [0.5, 0.6) is 0 Å². The maximum absolute atomic E-state index is 13.2. The van der Waals surface area contributed by atoms with E-state index in [1.807, 2.05) is 35.7 Å². The van der Waals surface area contributed by atoms with Gasteiger partial charge in [-0.05, 0) is 25.5 Å². The molecule has 5 rings (SSSR count). The molecule has 0 aliphatic carbocycles. The average molecular weight is 490 g/mol. The summed E-state index contributed by atoms with van der Waals surface area (Å²) in [5, 5.41) is 6.56. The normalized spacial score (nSPS) is 28.3. The number of aromatic nitrogens is 2. The maximum atomic E-state index is 13.2. The first-order valence-corrected chi connectivity index (χ1v) is 11.4. The molecule has 0 saturated carbocycles. The van der Waals surface area contributed by atoms with Gasteiger partial charge in [0.05, 0.1) is 18.3 Å². The number of ether oxygens (including phenoxy) is 1. The Morgan fingerprint density at radius 3 is 2.55 bits per heavy atom. The third-order valence-corrected chi connectivity index (χ3v) is 8.47. The van der Waals surface area contributed by atoms with Crippen molar-refractivity contribution in [2.45, 2.75) is 36.5 Å². The van der Waals surface area contributed by atoms with Crippen molar-refractivity contribution in [3.05, 3.63) is 35.8 Å². The molecule has 1 spiro atoms. The number of aliphatic carboxylic acids is 1. The third kappa shape index (κ3) is 3.85. The number of pyridine rings is 1. The monoisotopic (exact) mass is 490 g/mol. The molecule has 3 saturated heterocycles. The summed E-state index contributed by atoms with van der Waals surface area (Å²) < 4.78 is 66.2. The minimum atomic E-state index is -5.08. The Morgan fingerprint density at radius 1 is 1.27 bits per heavy atom. The number of carboxylic acids is 1. The number of carbonyl (C=O) groups is 2. The number of morpholine rings is 1. The number of carbonyl (C=O) groups excluding carboxylic acids is 1. The molecule has 0 unspecified atom stereocenters. The Morgan fingerprint density at radius 2 is 1.94 bits per heavy atom. The van der Waals surface area contributed by atoms with E-state index in [9.17, 15) is 26.4 Å². The number of likely N-dealkylation sites (N-methyl/N-ethyl adjacent to an activating group) is 1. The summed E-state index contributed by atoms with van der Waals surface area (Å²) in [6, 6.07) is 5.64. The van der Waals surface area contributed by atoms with Gasteiger partial charge >= 0.3 is 12.1 Å². The molecule has 1 amide bonds. The molecule has 3 aliphatic rings. The number of amides is 1. The molecule has 10 nitrogen and oxygen atoms in total. The Balaban J connectivity index is 0.000000325. The molecule has 33 heavy (non-hydrogen) atoms. The molecule has 180 valence electrons. The lowest BCUT2D eigenvalue weighted by Gasteiger charge is -2.39. The van der Waals surface area contributed by atoms with E-state index in [0.29, 0.717) is 25.2 Å². The highest BCUT2D eigenvalue weighted by Gasteiger charge is 2.64. The fourth-order valence-corrected chi connectivity index (χ4v) is 6.72. The van der Waals surface area contributed by atoms with Crippen molar-refractivity contribution >= 4 is 27.5 Å². The van der Waals surface area contributed by atoms with Crippen LogP contribution in [0.15, 0.2) is 24.4 Å². The molecular formula is C19H21F3N4O6S. The van der Waals surface area contributed by atoms with Crippen molar-refractivity contribution in [1.82, 2.24) is 18.6 Å². The van der Waals surface area contributed by atoms with Crippen LogP contribution in [-0.4, -0.2) is 93.8 Å². The molecule has 14 heteroatoms. The first kappa shape index (κ1) is 23.4. The van der Waals surface area contributed by atoms with Crippen molar-refractivity contribution in [2.75, 3.05) is 26.7 Å². The topological polar surface area (TPSA) is 122 Å². The SMILES string of the molecule is Cc1c(C(=O)N2C[C@H]3C[C@H]4[C@](C2)(CN(C)S4(=O)=O)O3)nc2ccccn12.O=C(O)C(F)(F)F.